The molecular weight excluding hydrogens is 318 g/mol. The summed E-state index contributed by atoms with van der Waals surface area (Å²) >= 11 is 0. The first-order valence-electron chi connectivity index (χ1n) is 6.49. The van der Waals surface area contributed by atoms with Gasteiger partial charge in [-0.25, -0.2) is 21.8 Å². The average Bonchev–Trinajstić information content (AvgIpc) is 2.96. The highest BCUT2D eigenvalue weighted by atomic mass is 32.2. The summed E-state index contributed by atoms with van der Waals surface area (Å²) in [6, 6.07) is -0.557. The molecule has 1 aromatic heterocycles. The smallest absolute Gasteiger partial charge is 0.260 e. The summed E-state index contributed by atoms with van der Waals surface area (Å²) in [5.41, 5.74) is 0. The number of imidazole rings is 1. The number of nitrogens with one attached hydrogen (secondary N) is 1. The number of methoxy groups -OCH3 is 1. The Bertz CT molecular complexity index is 695. The number of aromatic nitrogens is 2. The fourth-order valence-corrected chi connectivity index (χ4v) is 5.77. The molecule has 0 aromatic carbocycles. The van der Waals surface area contributed by atoms with Crippen LogP contribution in [0.25, 0.3) is 0 Å². The van der Waals surface area contributed by atoms with Crippen LogP contribution < -0.4 is 0 Å². The Morgan fingerprint density at radius 3 is 2.71 bits per heavy atom. The minimum atomic E-state index is -3.82. The molecule has 1 aromatic rings. The van der Waals surface area contributed by atoms with E-state index >= 15 is 0 Å². The van der Waals surface area contributed by atoms with E-state index in [4.69, 9.17) is 4.74 Å². The van der Waals surface area contributed by atoms with E-state index in [0.717, 1.165) is 0 Å². The third kappa shape index (κ3) is 3.62. The van der Waals surface area contributed by atoms with E-state index in [-0.39, 0.29) is 29.7 Å². The second-order valence-corrected chi connectivity index (χ2v) is 9.09. The quantitative estimate of drug-likeness (QED) is 0.752. The van der Waals surface area contributed by atoms with Gasteiger partial charge in [-0.1, -0.05) is 0 Å². The number of aryl methyl sites for hydroxylation is 1. The lowest BCUT2D eigenvalue weighted by molar-refractivity contribution is 0.169. The molecule has 21 heavy (non-hydrogen) atoms. The minimum Gasteiger partial charge on any atom is -0.383 e. The second kappa shape index (κ2) is 6.03. The predicted octanol–water partition coefficient (Wildman–Crippen LogP) is -0.458. The first-order chi connectivity index (χ1) is 9.76. The zero-order chi connectivity index (χ0) is 15.7. The van der Waals surface area contributed by atoms with Gasteiger partial charge >= 0.3 is 0 Å². The standard InChI is InChI=1S/C11H19N3O5S2/c1-9-12-7-11(13-9)21(17,18)14(4-5-19-2)10-3-6-20(15,16)8-10/h7,10H,3-6,8H2,1-2H3,(H,12,13). The number of sulfonamides is 1. The maximum Gasteiger partial charge on any atom is 0.260 e. The summed E-state index contributed by atoms with van der Waals surface area (Å²) in [4.78, 5) is 6.58. The highest BCUT2D eigenvalue weighted by Gasteiger charge is 2.39. The topological polar surface area (TPSA) is 109 Å². The van der Waals surface area contributed by atoms with Gasteiger partial charge in [-0.15, -0.1) is 0 Å². The van der Waals surface area contributed by atoms with Crippen molar-refractivity contribution in [2.24, 2.45) is 0 Å². The highest BCUT2D eigenvalue weighted by molar-refractivity contribution is 7.92. The monoisotopic (exact) mass is 337 g/mol. The van der Waals surface area contributed by atoms with E-state index in [9.17, 15) is 16.8 Å². The zero-order valence-electron chi connectivity index (χ0n) is 11.9. The lowest BCUT2D eigenvalue weighted by Gasteiger charge is -2.26. The highest BCUT2D eigenvalue weighted by Crippen LogP contribution is 2.24. The van der Waals surface area contributed by atoms with Crippen molar-refractivity contribution in [1.29, 1.82) is 0 Å². The summed E-state index contributed by atoms with van der Waals surface area (Å²) in [5, 5.41) is -0.0274. The number of nitrogens with zero attached hydrogens (tertiary/aromatic N) is 2. The van der Waals surface area contributed by atoms with Gasteiger partial charge in [0.25, 0.3) is 10.0 Å². The maximum atomic E-state index is 12.7. The van der Waals surface area contributed by atoms with E-state index in [1.807, 2.05) is 0 Å². The number of hydrogen-bond acceptors (Lipinski definition) is 6. The summed E-state index contributed by atoms with van der Waals surface area (Å²) in [7, 11) is -5.52. The molecule has 1 unspecified atom stereocenters. The zero-order valence-corrected chi connectivity index (χ0v) is 13.6. The van der Waals surface area contributed by atoms with Crippen LogP contribution in [0.2, 0.25) is 0 Å². The second-order valence-electron chi connectivity index (χ2n) is 5.00. The van der Waals surface area contributed by atoms with E-state index in [1.165, 1.54) is 17.6 Å². The fourth-order valence-electron chi connectivity index (χ4n) is 2.34. The Morgan fingerprint density at radius 1 is 1.52 bits per heavy atom. The normalized spacial score (nSPS) is 22.0. The molecule has 2 heterocycles. The van der Waals surface area contributed by atoms with Crippen LogP contribution in [-0.2, 0) is 24.6 Å². The Kier molecular flexibility index (Phi) is 4.71. The van der Waals surface area contributed by atoms with E-state index in [1.54, 1.807) is 6.92 Å². The van der Waals surface area contributed by atoms with Crippen molar-refractivity contribution < 1.29 is 21.6 Å². The first kappa shape index (κ1) is 16.4. The molecular formula is C11H19N3O5S2. The largest absolute Gasteiger partial charge is 0.383 e. The van der Waals surface area contributed by atoms with Crippen molar-refractivity contribution in [3.63, 3.8) is 0 Å². The van der Waals surface area contributed by atoms with E-state index < -0.39 is 25.9 Å². The molecule has 10 heteroatoms. The lowest BCUT2D eigenvalue weighted by atomic mass is 10.3. The number of hydrogen-bond donors (Lipinski definition) is 1. The third-order valence-corrected chi connectivity index (χ3v) is 7.01. The molecule has 1 saturated heterocycles. The summed E-state index contributed by atoms with van der Waals surface area (Å²) in [6.45, 7) is 1.96. The minimum absolute atomic E-state index is 0.0126. The predicted molar refractivity (Wildman–Crippen MR) is 76.2 cm³/mol. The Morgan fingerprint density at radius 2 is 2.24 bits per heavy atom. The van der Waals surface area contributed by atoms with Gasteiger partial charge in [0.15, 0.2) is 14.9 Å². The number of H-pyrrole nitrogens is 1. The molecule has 0 saturated carbocycles. The van der Waals surface area contributed by atoms with Gasteiger partial charge in [0.2, 0.25) is 0 Å². The van der Waals surface area contributed by atoms with Crippen LogP contribution in [0.5, 0.6) is 0 Å². The Hall–Kier alpha value is -0.970. The third-order valence-electron chi connectivity index (χ3n) is 3.40. The Balaban J connectivity index is 2.31. The van der Waals surface area contributed by atoms with Gasteiger partial charge in [-0.05, 0) is 13.3 Å². The van der Waals surface area contributed by atoms with Crippen LogP contribution in [0.15, 0.2) is 11.2 Å². The van der Waals surface area contributed by atoms with Crippen molar-refractivity contribution in [3.05, 3.63) is 12.0 Å². The number of rotatable bonds is 6. The number of aromatic amines is 1. The molecule has 1 N–H and O–H groups in total. The molecule has 0 bridgehead atoms. The molecule has 1 atom stereocenters. The molecule has 1 aliphatic heterocycles. The fraction of sp³-hybridized carbons (Fsp3) is 0.727. The van der Waals surface area contributed by atoms with E-state index in [0.29, 0.717) is 12.2 Å². The van der Waals surface area contributed by atoms with Crippen LogP contribution >= 0.6 is 0 Å². The van der Waals surface area contributed by atoms with Gasteiger partial charge in [0.1, 0.15) is 5.82 Å². The molecule has 2 rings (SSSR count). The van der Waals surface area contributed by atoms with Crippen molar-refractivity contribution in [1.82, 2.24) is 14.3 Å². The van der Waals surface area contributed by atoms with Gasteiger partial charge in [0, 0.05) is 19.7 Å². The molecule has 8 nitrogen and oxygen atoms in total. The summed E-state index contributed by atoms with van der Waals surface area (Å²) < 4.78 is 54.7. The van der Waals surface area contributed by atoms with Crippen LogP contribution in [0.1, 0.15) is 12.2 Å². The summed E-state index contributed by atoms with van der Waals surface area (Å²) in [5.74, 6) is 0.348. The van der Waals surface area contributed by atoms with Crippen molar-refractivity contribution in [2.45, 2.75) is 24.4 Å². The van der Waals surface area contributed by atoms with Crippen molar-refractivity contribution in [2.75, 3.05) is 31.8 Å². The molecule has 0 radical (unpaired) electrons. The van der Waals surface area contributed by atoms with Crippen molar-refractivity contribution >= 4 is 19.9 Å². The SMILES string of the molecule is COCCN(C1CCS(=O)(=O)C1)S(=O)(=O)c1cnc(C)[nH]1. The summed E-state index contributed by atoms with van der Waals surface area (Å²) in [6.07, 6.45) is 1.55. The number of sulfone groups is 1. The first-order valence-corrected chi connectivity index (χ1v) is 9.75. The molecule has 0 amide bonds. The van der Waals surface area contributed by atoms with Gasteiger partial charge in [0.05, 0.1) is 24.3 Å². The number of ether oxygens (including phenoxy) is 1. The molecule has 1 aliphatic rings. The van der Waals surface area contributed by atoms with Crippen LogP contribution in [0.3, 0.4) is 0 Å². The van der Waals surface area contributed by atoms with E-state index in [2.05, 4.69) is 9.97 Å². The molecule has 0 spiro atoms. The Labute approximate surface area is 124 Å². The van der Waals surface area contributed by atoms with Crippen LogP contribution in [0.4, 0.5) is 0 Å². The lowest BCUT2D eigenvalue weighted by Crippen LogP contribution is -2.43. The van der Waals surface area contributed by atoms with Crippen LogP contribution in [-0.4, -0.2) is 68.9 Å². The van der Waals surface area contributed by atoms with Crippen LogP contribution in [0, 0.1) is 6.92 Å². The van der Waals surface area contributed by atoms with Crippen molar-refractivity contribution in [3.8, 4) is 0 Å². The average molecular weight is 337 g/mol. The van der Waals surface area contributed by atoms with Gasteiger partial charge < -0.3 is 9.72 Å². The maximum absolute atomic E-state index is 12.7. The van der Waals surface area contributed by atoms with Gasteiger partial charge in [-0.2, -0.15) is 4.31 Å². The molecule has 0 aliphatic carbocycles. The van der Waals surface area contributed by atoms with Gasteiger partial charge in [-0.3, -0.25) is 0 Å². The molecule has 120 valence electrons. The molecule has 1 fully saturated rings.